The van der Waals surface area contributed by atoms with Crippen LogP contribution in [0.15, 0.2) is 35.2 Å². The first kappa shape index (κ1) is 12.9. The zero-order valence-corrected chi connectivity index (χ0v) is 7.79. The van der Waals surface area contributed by atoms with Gasteiger partial charge in [-0.1, -0.05) is 18.2 Å². The van der Waals surface area contributed by atoms with Crippen molar-refractivity contribution in [2.45, 2.75) is 11.3 Å². The fourth-order valence-electron chi connectivity index (χ4n) is 0.926. The average molecular weight is 227 g/mol. The highest BCUT2D eigenvalue weighted by Gasteiger charge is 2.12. The first-order valence-electron chi connectivity index (χ1n) is 3.81. The molecule has 0 aliphatic rings. The van der Waals surface area contributed by atoms with E-state index in [1.54, 1.807) is 18.2 Å². The smallest absolute Gasteiger partial charge is 0.179 e. The Balaban J connectivity index is 0.00000169. The number of nitriles is 1. The monoisotopic (exact) mass is 227 g/mol. The first-order chi connectivity index (χ1) is 6.17. The standard InChI is InChI=1S/C9H9NO2S.H4Si/c10-7-4-8-13(11,12)9-5-2-1-3-6-9;/h1-3,5-6H,4,8H2;1H4. The highest BCUT2D eigenvalue weighted by atomic mass is 32.2. The third-order valence-corrected chi connectivity index (χ3v) is 3.32. The Labute approximate surface area is 88.3 Å². The van der Waals surface area contributed by atoms with Gasteiger partial charge in [0.15, 0.2) is 9.84 Å². The third kappa shape index (κ3) is 3.32. The highest BCUT2D eigenvalue weighted by Crippen LogP contribution is 2.10. The van der Waals surface area contributed by atoms with E-state index in [9.17, 15) is 8.42 Å². The Morgan fingerprint density at radius 3 is 2.29 bits per heavy atom. The van der Waals surface area contributed by atoms with Crippen LogP contribution in [-0.4, -0.2) is 25.1 Å². The van der Waals surface area contributed by atoms with E-state index in [2.05, 4.69) is 0 Å². The molecule has 5 heteroatoms. The summed E-state index contributed by atoms with van der Waals surface area (Å²) in [4.78, 5) is 0.283. The molecule has 0 fully saturated rings. The van der Waals surface area contributed by atoms with Gasteiger partial charge in [-0.3, -0.25) is 0 Å². The lowest BCUT2D eigenvalue weighted by Gasteiger charge is -1.99. The van der Waals surface area contributed by atoms with Gasteiger partial charge < -0.3 is 0 Å². The molecule has 0 spiro atoms. The molecule has 0 N–H and O–H groups in total. The van der Waals surface area contributed by atoms with Crippen LogP contribution >= 0.6 is 0 Å². The highest BCUT2D eigenvalue weighted by molar-refractivity contribution is 7.91. The van der Waals surface area contributed by atoms with Crippen LogP contribution in [0.2, 0.25) is 0 Å². The van der Waals surface area contributed by atoms with Crippen LogP contribution in [0, 0.1) is 11.3 Å². The number of benzene rings is 1. The van der Waals surface area contributed by atoms with Crippen LogP contribution in [0.3, 0.4) is 0 Å². The van der Waals surface area contributed by atoms with Gasteiger partial charge in [-0.2, -0.15) is 5.26 Å². The largest absolute Gasteiger partial charge is 0.224 e. The van der Waals surface area contributed by atoms with Crippen molar-refractivity contribution in [3.63, 3.8) is 0 Å². The van der Waals surface area contributed by atoms with Crippen molar-refractivity contribution in [2.24, 2.45) is 0 Å². The Hall–Kier alpha value is -1.12. The fraction of sp³-hybridized carbons (Fsp3) is 0.222. The van der Waals surface area contributed by atoms with E-state index in [0.717, 1.165) is 0 Å². The van der Waals surface area contributed by atoms with Gasteiger partial charge in [-0.25, -0.2) is 8.42 Å². The maximum Gasteiger partial charge on any atom is 0.179 e. The number of hydrogen-bond donors (Lipinski definition) is 0. The summed E-state index contributed by atoms with van der Waals surface area (Å²) in [6, 6.07) is 9.97. The number of sulfone groups is 1. The second-order valence-electron chi connectivity index (χ2n) is 2.54. The molecule has 0 saturated carbocycles. The molecule has 0 aliphatic heterocycles. The Bertz CT molecular complexity index is 408. The van der Waals surface area contributed by atoms with E-state index in [4.69, 9.17) is 5.26 Å². The van der Waals surface area contributed by atoms with Crippen molar-refractivity contribution >= 4 is 20.8 Å². The van der Waals surface area contributed by atoms with Crippen LogP contribution in [0.25, 0.3) is 0 Å². The minimum atomic E-state index is -3.24. The van der Waals surface area contributed by atoms with Gasteiger partial charge in [0.1, 0.15) is 0 Å². The number of rotatable bonds is 3. The number of hydrogen-bond acceptors (Lipinski definition) is 3. The molecule has 14 heavy (non-hydrogen) atoms. The summed E-state index contributed by atoms with van der Waals surface area (Å²) in [6.07, 6.45) is 0.0389. The molecule has 1 aromatic carbocycles. The molecule has 0 unspecified atom stereocenters. The summed E-state index contributed by atoms with van der Waals surface area (Å²) in [5, 5.41) is 8.26. The summed E-state index contributed by atoms with van der Waals surface area (Å²) in [6.45, 7) is 0. The summed E-state index contributed by atoms with van der Waals surface area (Å²) < 4.78 is 22.9. The molecule has 76 valence electrons. The zero-order chi connectivity index (χ0) is 9.73. The minimum Gasteiger partial charge on any atom is -0.224 e. The lowest BCUT2D eigenvalue weighted by Crippen LogP contribution is -2.05. The summed E-state index contributed by atoms with van der Waals surface area (Å²) in [5.41, 5.74) is 0. The lowest BCUT2D eigenvalue weighted by atomic mass is 10.4. The van der Waals surface area contributed by atoms with Gasteiger partial charge in [0.25, 0.3) is 0 Å². The van der Waals surface area contributed by atoms with E-state index >= 15 is 0 Å². The topological polar surface area (TPSA) is 57.9 Å². The molecule has 0 heterocycles. The van der Waals surface area contributed by atoms with Gasteiger partial charge in [-0.15, -0.1) is 0 Å². The molecule has 1 rings (SSSR count). The molecular formula is C9H13NO2SSi. The van der Waals surface area contributed by atoms with Crippen LogP contribution in [-0.2, 0) is 9.84 Å². The maximum atomic E-state index is 11.4. The second kappa shape index (κ2) is 5.57. The van der Waals surface area contributed by atoms with Crippen LogP contribution in [0.1, 0.15) is 6.42 Å². The van der Waals surface area contributed by atoms with E-state index in [-0.39, 0.29) is 28.0 Å². The average Bonchev–Trinajstić information content (AvgIpc) is 2.16. The Morgan fingerprint density at radius 2 is 1.79 bits per heavy atom. The molecule has 0 aromatic heterocycles. The normalized spacial score (nSPS) is 9.93. The first-order valence-corrected chi connectivity index (χ1v) is 5.47. The fourth-order valence-corrected chi connectivity index (χ4v) is 2.09. The lowest BCUT2D eigenvalue weighted by molar-refractivity contribution is 0.596. The summed E-state index contributed by atoms with van der Waals surface area (Å²) >= 11 is 0. The SMILES string of the molecule is N#CCCS(=O)(=O)c1ccccc1.[SiH4]. The van der Waals surface area contributed by atoms with Crippen molar-refractivity contribution in [1.82, 2.24) is 0 Å². The third-order valence-electron chi connectivity index (χ3n) is 1.58. The van der Waals surface area contributed by atoms with Crippen molar-refractivity contribution in [2.75, 3.05) is 5.75 Å². The van der Waals surface area contributed by atoms with Crippen molar-refractivity contribution < 1.29 is 8.42 Å². The quantitative estimate of drug-likeness (QED) is 0.679. The predicted molar refractivity (Wildman–Crippen MR) is 60.1 cm³/mol. The second-order valence-corrected chi connectivity index (χ2v) is 4.65. The van der Waals surface area contributed by atoms with Gasteiger partial charge in [0, 0.05) is 6.42 Å². The van der Waals surface area contributed by atoms with Gasteiger partial charge in [0.2, 0.25) is 0 Å². The van der Waals surface area contributed by atoms with Gasteiger partial charge in [-0.05, 0) is 23.1 Å². The van der Waals surface area contributed by atoms with E-state index in [0.29, 0.717) is 0 Å². The summed E-state index contributed by atoms with van der Waals surface area (Å²) in [5.74, 6) is -0.104. The molecule has 0 atom stereocenters. The van der Waals surface area contributed by atoms with Crippen LogP contribution < -0.4 is 0 Å². The Kier molecular flexibility index (Phi) is 5.13. The van der Waals surface area contributed by atoms with Gasteiger partial charge >= 0.3 is 0 Å². The number of nitrogens with zero attached hydrogens (tertiary/aromatic N) is 1. The van der Waals surface area contributed by atoms with Crippen molar-refractivity contribution in [3.8, 4) is 6.07 Å². The predicted octanol–water partition coefficient (Wildman–Crippen LogP) is -0.0776. The molecular weight excluding hydrogens is 214 g/mol. The minimum absolute atomic E-state index is 0. The maximum absolute atomic E-state index is 11.4. The molecule has 0 amide bonds. The Morgan fingerprint density at radius 1 is 1.21 bits per heavy atom. The van der Waals surface area contributed by atoms with E-state index in [1.807, 2.05) is 6.07 Å². The molecule has 1 aromatic rings. The molecule has 3 nitrogen and oxygen atoms in total. The molecule has 0 bridgehead atoms. The van der Waals surface area contributed by atoms with Crippen molar-refractivity contribution in [3.05, 3.63) is 30.3 Å². The molecule has 0 saturated heterocycles. The van der Waals surface area contributed by atoms with E-state index in [1.165, 1.54) is 12.1 Å². The molecule has 0 radical (unpaired) electrons. The van der Waals surface area contributed by atoms with Gasteiger partial charge in [0.05, 0.1) is 16.7 Å². The van der Waals surface area contributed by atoms with Crippen molar-refractivity contribution in [1.29, 1.82) is 5.26 Å². The zero-order valence-electron chi connectivity index (χ0n) is 6.97. The molecule has 0 aliphatic carbocycles. The van der Waals surface area contributed by atoms with Crippen LogP contribution in [0.4, 0.5) is 0 Å². The van der Waals surface area contributed by atoms with E-state index < -0.39 is 9.84 Å². The van der Waals surface area contributed by atoms with Crippen LogP contribution in [0.5, 0.6) is 0 Å². The summed E-state index contributed by atoms with van der Waals surface area (Å²) in [7, 11) is -3.24.